The highest BCUT2D eigenvalue weighted by Gasteiger charge is 2.43. The van der Waals surface area contributed by atoms with E-state index in [4.69, 9.17) is 4.74 Å². The summed E-state index contributed by atoms with van der Waals surface area (Å²) in [5, 5.41) is 13.5. The van der Waals surface area contributed by atoms with Crippen LogP contribution in [0.3, 0.4) is 0 Å². The average Bonchev–Trinajstić information content (AvgIpc) is 3.08. The first-order valence-corrected chi connectivity index (χ1v) is 14.6. The molecule has 1 saturated carbocycles. The summed E-state index contributed by atoms with van der Waals surface area (Å²) in [4.78, 5) is 1.13. The van der Waals surface area contributed by atoms with Crippen LogP contribution >= 0.6 is 11.8 Å². The lowest BCUT2D eigenvalue weighted by Crippen LogP contribution is -2.26. The summed E-state index contributed by atoms with van der Waals surface area (Å²) < 4.78 is 6.40. The van der Waals surface area contributed by atoms with Gasteiger partial charge in [0, 0.05) is 16.6 Å². The molecule has 0 saturated heterocycles. The Morgan fingerprint density at radius 3 is 2.29 bits per heavy atom. The van der Waals surface area contributed by atoms with Gasteiger partial charge in [-0.15, -0.1) is 11.8 Å². The first-order chi connectivity index (χ1) is 16.9. The first kappa shape index (κ1) is 24.6. The molecule has 1 fully saturated rings. The topological polar surface area (TPSA) is 29.5 Å². The highest BCUT2D eigenvalue weighted by molar-refractivity contribution is 7.99. The molecule has 3 aromatic rings. The highest BCUT2D eigenvalue weighted by atomic mass is 32.2. The van der Waals surface area contributed by atoms with Crippen LogP contribution in [0.1, 0.15) is 83.8 Å². The standard InChI is InChI=1S/C32H40O2S/c1-21(2)19-34-29-16-25-24(17-30(29)35-20-22(3)4)28(33)18-27-31(25)23-12-8-9-13-26(23)32(27)14-10-6-5-7-11-15-32/h8-9,12-13,16-18,21-22,33H,5-7,10-11,14-15,19-20H2,1-4H3. The molecule has 0 aromatic heterocycles. The van der Waals surface area contributed by atoms with Gasteiger partial charge in [0.1, 0.15) is 11.5 Å². The quantitative estimate of drug-likeness (QED) is 0.350. The second-order valence-electron chi connectivity index (χ2n) is 11.5. The molecule has 0 unspecified atom stereocenters. The summed E-state index contributed by atoms with van der Waals surface area (Å²) in [6.07, 6.45) is 8.80. The number of aromatic hydroxyl groups is 1. The molecule has 0 bridgehead atoms. The number of ether oxygens (including phenoxy) is 1. The zero-order chi connectivity index (χ0) is 24.6. The van der Waals surface area contributed by atoms with E-state index in [-0.39, 0.29) is 5.41 Å². The molecular weight excluding hydrogens is 448 g/mol. The zero-order valence-electron chi connectivity index (χ0n) is 21.8. The maximum absolute atomic E-state index is 11.4. The molecule has 1 N–H and O–H groups in total. The van der Waals surface area contributed by atoms with Crippen molar-refractivity contribution in [1.29, 1.82) is 0 Å². The van der Waals surface area contributed by atoms with Crippen molar-refractivity contribution in [3.8, 4) is 22.6 Å². The Morgan fingerprint density at radius 2 is 1.57 bits per heavy atom. The number of thioether (sulfide) groups is 1. The van der Waals surface area contributed by atoms with Crippen molar-refractivity contribution >= 4 is 22.5 Å². The van der Waals surface area contributed by atoms with E-state index in [1.807, 2.05) is 11.8 Å². The van der Waals surface area contributed by atoms with Crippen molar-refractivity contribution in [2.75, 3.05) is 12.4 Å². The van der Waals surface area contributed by atoms with E-state index in [2.05, 4.69) is 70.2 Å². The zero-order valence-corrected chi connectivity index (χ0v) is 22.6. The lowest BCUT2D eigenvalue weighted by Gasteiger charge is -2.34. The van der Waals surface area contributed by atoms with Gasteiger partial charge < -0.3 is 9.84 Å². The van der Waals surface area contributed by atoms with Crippen molar-refractivity contribution in [3.63, 3.8) is 0 Å². The molecule has 0 aliphatic heterocycles. The van der Waals surface area contributed by atoms with Crippen molar-refractivity contribution < 1.29 is 9.84 Å². The van der Waals surface area contributed by atoms with Gasteiger partial charge in [-0.3, -0.25) is 0 Å². The second-order valence-corrected chi connectivity index (χ2v) is 12.5. The van der Waals surface area contributed by atoms with Crippen LogP contribution in [0.4, 0.5) is 0 Å². The predicted octanol–water partition coefficient (Wildman–Crippen LogP) is 9.34. The molecule has 0 heterocycles. The maximum Gasteiger partial charge on any atom is 0.133 e. The molecule has 0 radical (unpaired) electrons. The fourth-order valence-electron chi connectivity index (χ4n) is 6.13. The Morgan fingerprint density at radius 1 is 0.857 bits per heavy atom. The third kappa shape index (κ3) is 4.57. The highest BCUT2D eigenvalue weighted by Crippen LogP contribution is 2.58. The maximum atomic E-state index is 11.4. The Labute approximate surface area is 215 Å². The van der Waals surface area contributed by atoms with Crippen LogP contribution in [-0.4, -0.2) is 17.5 Å². The van der Waals surface area contributed by atoms with Gasteiger partial charge in [-0.2, -0.15) is 0 Å². The summed E-state index contributed by atoms with van der Waals surface area (Å²) in [5.74, 6) is 3.45. The molecule has 35 heavy (non-hydrogen) atoms. The molecule has 2 nitrogen and oxygen atoms in total. The Kier molecular flexibility index (Phi) is 7.08. The van der Waals surface area contributed by atoms with Crippen LogP contribution in [0, 0.1) is 11.8 Å². The normalized spacial score (nSPS) is 17.0. The van der Waals surface area contributed by atoms with Gasteiger partial charge >= 0.3 is 0 Å². The number of phenolic OH excluding ortho intramolecular Hbond substituents is 1. The summed E-state index contributed by atoms with van der Waals surface area (Å²) in [7, 11) is 0. The minimum Gasteiger partial charge on any atom is -0.507 e. The number of phenols is 1. The summed E-state index contributed by atoms with van der Waals surface area (Å²) in [5.41, 5.74) is 5.49. The van der Waals surface area contributed by atoms with E-state index >= 15 is 0 Å². The minimum absolute atomic E-state index is 0.0159. The summed E-state index contributed by atoms with van der Waals surface area (Å²) >= 11 is 1.84. The molecule has 3 heteroatoms. The smallest absolute Gasteiger partial charge is 0.133 e. The number of rotatable bonds is 6. The van der Waals surface area contributed by atoms with Gasteiger partial charge in [0.2, 0.25) is 0 Å². The molecule has 0 amide bonds. The lowest BCUT2D eigenvalue weighted by atomic mass is 9.69. The molecule has 2 aliphatic carbocycles. The van der Waals surface area contributed by atoms with Crippen LogP contribution in [0.2, 0.25) is 0 Å². The Bertz CT molecular complexity index is 1200. The molecule has 2 aliphatic rings. The molecule has 1 spiro atoms. The number of hydrogen-bond donors (Lipinski definition) is 1. The third-order valence-electron chi connectivity index (χ3n) is 7.76. The van der Waals surface area contributed by atoms with E-state index in [9.17, 15) is 5.11 Å². The van der Waals surface area contributed by atoms with Crippen LogP contribution in [0.25, 0.3) is 21.9 Å². The van der Waals surface area contributed by atoms with Gasteiger partial charge in [0.15, 0.2) is 0 Å². The van der Waals surface area contributed by atoms with Crippen LogP contribution in [0.15, 0.2) is 47.4 Å². The third-order valence-corrected chi connectivity index (χ3v) is 9.22. The van der Waals surface area contributed by atoms with E-state index in [1.165, 1.54) is 67.2 Å². The summed E-state index contributed by atoms with van der Waals surface area (Å²) in [6, 6.07) is 15.6. The average molecular weight is 489 g/mol. The lowest BCUT2D eigenvalue weighted by molar-refractivity contribution is 0.265. The Hall–Kier alpha value is -2.13. The van der Waals surface area contributed by atoms with E-state index in [0.717, 1.165) is 27.2 Å². The van der Waals surface area contributed by atoms with Gasteiger partial charge in [0.25, 0.3) is 0 Å². The number of benzene rings is 3. The minimum atomic E-state index is 0.0159. The number of fused-ring (bicyclic) bond motifs is 7. The van der Waals surface area contributed by atoms with Crippen LogP contribution in [0.5, 0.6) is 11.5 Å². The largest absolute Gasteiger partial charge is 0.507 e. The van der Waals surface area contributed by atoms with Crippen molar-refractivity contribution in [2.45, 2.75) is 83.0 Å². The molecule has 0 atom stereocenters. The van der Waals surface area contributed by atoms with Gasteiger partial charge in [0.05, 0.1) is 11.5 Å². The Balaban J connectivity index is 1.74. The monoisotopic (exact) mass is 488 g/mol. The van der Waals surface area contributed by atoms with Crippen molar-refractivity contribution in [3.05, 3.63) is 53.6 Å². The van der Waals surface area contributed by atoms with Gasteiger partial charge in [-0.05, 0) is 70.5 Å². The fourth-order valence-corrected chi connectivity index (χ4v) is 7.10. The number of hydrogen-bond acceptors (Lipinski definition) is 3. The molecule has 186 valence electrons. The molecular formula is C32H40O2S. The van der Waals surface area contributed by atoms with Gasteiger partial charge in [-0.25, -0.2) is 0 Å². The fraction of sp³-hybridized carbons (Fsp3) is 0.500. The molecule has 3 aromatic carbocycles. The second kappa shape index (κ2) is 10.1. The summed E-state index contributed by atoms with van der Waals surface area (Å²) in [6.45, 7) is 9.58. The van der Waals surface area contributed by atoms with E-state index in [1.54, 1.807) is 0 Å². The van der Waals surface area contributed by atoms with Crippen molar-refractivity contribution in [1.82, 2.24) is 0 Å². The van der Waals surface area contributed by atoms with E-state index < -0.39 is 0 Å². The van der Waals surface area contributed by atoms with E-state index in [0.29, 0.717) is 24.2 Å². The van der Waals surface area contributed by atoms with Crippen molar-refractivity contribution in [2.24, 2.45) is 11.8 Å². The first-order valence-electron chi connectivity index (χ1n) is 13.6. The van der Waals surface area contributed by atoms with Crippen LogP contribution in [-0.2, 0) is 5.41 Å². The molecule has 5 rings (SSSR count). The van der Waals surface area contributed by atoms with Gasteiger partial charge in [-0.1, -0.05) is 84.1 Å². The van der Waals surface area contributed by atoms with Crippen LogP contribution < -0.4 is 4.74 Å². The SMILES string of the molecule is CC(C)COc1cc2c3c(cc(O)c2cc1SCC(C)C)C1(CCCCCCC1)c1ccccc1-3. The predicted molar refractivity (Wildman–Crippen MR) is 150 cm³/mol.